The molecule has 3 aromatic rings. The van der Waals surface area contributed by atoms with Crippen molar-refractivity contribution >= 4 is 23.2 Å². The fourth-order valence-corrected chi connectivity index (χ4v) is 5.09. The van der Waals surface area contributed by atoms with Crippen molar-refractivity contribution in [2.45, 2.75) is 25.8 Å². The van der Waals surface area contributed by atoms with E-state index in [2.05, 4.69) is 17.4 Å². The third kappa shape index (κ3) is 3.88. The Balaban J connectivity index is 1.19. The molecule has 0 bridgehead atoms. The molecule has 1 aliphatic heterocycles. The van der Waals surface area contributed by atoms with Gasteiger partial charge in [-0.3, -0.25) is 4.79 Å². The van der Waals surface area contributed by atoms with Crippen LogP contribution < -0.4 is 14.8 Å². The molecule has 1 amide bonds. The van der Waals surface area contributed by atoms with Crippen LogP contribution in [-0.2, 0) is 22.4 Å². The number of ether oxygens (including phenoxy) is 3. The average molecular weight is 436 g/mol. The molecule has 0 radical (unpaired) electrons. The zero-order valence-electron chi connectivity index (χ0n) is 17.0. The number of hydrogen-bond acceptors (Lipinski definition) is 6. The van der Waals surface area contributed by atoms with E-state index in [1.54, 1.807) is 0 Å². The molecule has 0 saturated heterocycles. The quantitative estimate of drug-likeness (QED) is 0.606. The molecule has 158 valence electrons. The molecule has 6 nitrogen and oxygen atoms in total. The van der Waals surface area contributed by atoms with Crippen molar-refractivity contribution in [3.63, 3.8) is 0 Å². The molecule has 1 atom stereocenters. The van der Waals surface area contributed by atoms with Gasteiger partial charge >= 0.3 is 5.97 Å². The van der Waals surface area contributed by atoms with Crippen molar-refractivity contribution in [2.75, 3.05) is 13.4 Å². The van der Waals surface area contributed by atoms with E-state index in [1.807, 2.05) is 43.3 Å². The van der Waals surface area contributed by atoms with E-state index < -0.39 is 5.97 Å². The van der Waals surface area contributed by atoms with Gasteiger partial charge in [-0.25, -0.2) is 4.79 Å². The number of carbonyl (C=O) groups is 2. The number of benzene rings is 2. The van der Waals surface area contributed by atoms with E-state index in [9.17, 15) is 9.59 Å². The molecule has 1 unspecified atom stereocenters. The summed E-state index contributed by atoms with van der Waals surface area (Å²) in [7, 11) is 0. The molecule has 5 rings (SSSR count). The molecule has 2 heterocycles. The Labute approximate surface area is 183 Å². The lowest BCUT2D eigenvalue weighted by Gasteiger charge is -2.15. The SMILES string of the molecule is CC(NC(=O)COC(=O)c1cc2c(s1)-c1ccccc1CC2)c1ccc2c(c1)OCO2. The van der Waals surface area contributed by atoms with Crippen molar-refractivity contribution < 1.29 is 23.8 Å². The van der Waals surface area contributed by atoms with Crippen molar-refractivity contribution in [1.82, 2.24) is 5.32 Å². The Morgan fingerprint density at radius 3 is 2.77 bits per heavy atom. The molecule has 0 saturated carbocycles. The molecular weight excluding hydrogens is 414 g/mol. The molecule has 1 N–H and O–H groups in total. The summed E-state index contributed by atoms with van der Waals surface area (Å²) in [5, 5.41) is 2.85. The zero-order chi connectivity index (χ0) is 21.4. The van der Waals surface area contributed by atoms with Gasteiger partial charge in [0.2, 0.25) is 6.79 Å². The van der Waals surface area contributed by atoms with Gasteiger partial charge in [0, 0.05) is 4.88 Å². The Morgan fingerprint density at radius 2 is 1.87 bits per heavy atom. The molecule has 0 spiro atoms. The van der Waals surface area contributed by atoms with E-state index in [-0.39, 0.29) is 25.3 Å². The van der Waals surface area contributed by atoms with E-state index in [0.29, 0.717) is 16.4 Å². The van der Waals surface area contributed by atoms with Crippen molar-refractivity contribution in [3.05, 3.63) is 70.1 Å². The standard InChI is InChI=1S/C24H21NO5S/c1-14(16-8-9-19-20(10-16)30-13-29-19)25-22(26)12-28-24(27)21-11-17-7-6-15-4-2-3-5-18(15)23(17)31-21/h2-5,8-11,14H,6-7,12-13H2,1H3,(H,25,26). The first-order valence-electron chi connectivity index (χ1n) is 10.2. The topological polar surface area (TPSA) is 73.9 Å². The molecule has 1 aromatic heterocycles. The average Bonchev–Trinajstić information content (AvgIpc) is 3.44. The maximum Gasteiger partial charge on any atom is 0.348 e. The number of rotatable bonds is 5. The van der Waals surface area contributed by atoms with E-state index in [1.165, 1.54) is 22.5 Å². The van der Waals surface area contributed by atoms with E-state index in [0.717, 1.165) is 28.8 Å². The Bertz CT molecular complexity index is 1170. The second-order valence-electron chi connectivity index (χ2n) is 7.60. The van der Waals surface area contributed by atoms with Crippen LogP contribution in [0.5, 0.6) is 11.5 Å². The van der Waals surface area contributed by atoms with Crippen LogP contribution in [-0.4, -0.2) is 25.3 Å². The Kier molecular flexibility index (Phi) is 5.11. The lowest BCUT2D eigenvalue weighted by molar-refractivity contribution is -0.124. The molecular formula is C24H21NO5S. The summed E-state index contributed by atoms with van der Waals surface area (Å²) < 4.78 is 16.0. The van der Waals surface area contributed by atoms with Gasteiger partial charge in [-0.1, -0.05) is 30.3 Å². The molecule has 2 aromatic carbocycles. The summed E-state index contributed by atoms with van der Waals surface area (Å²) >= 11 is 1.43. The number of aryl methyl sites for hydroxylation is 2. The zero-order valence-corrected chi connectivity index (χ0v) is 17.8. The van der Waals surface area contributed by atoms with Crippen LogP contribution in [0.15, 0.2) is 48.5 Å². The number of hydrogen-bond donors (Lipinski definition) is 1. The largest absolute Gasteiger partial charge is 0.454 e. The van der Waals surface area contributed by atoms with Crippen molar-refractivity contribution in [1.29, 1.82) is 0 Å². The summed E-state index contributed by atoms with van der Waals surface area (Å²) in [5.41, 5.74) is 4.53. The van der Waals surface area contributed by atoms with Crippen molar-refractivity contribution in [2.24, 2.45) is 0 Å². The molecule has 0 fully saturated rings. The predicted molar refractivity (Wildman–Crippen MR) is 117 cm³/mol. The summed E-state index contributed by atoms with van der Waals surface area (Å²) in [6, 6.07) is 15.4. The monoisotopic (exact) mass is 435 g/mol. The van der Waals surface area contributed by atoms with Gasteiger partial charge in [-0.2, -0.15) is 0 Å². The lowest BCUT2D eigenvalue weighted by Crippen LogP contribution is -2.31. The maximum atomic E-state index is 12.5. The second-order valence-corrected chi connectivity index (χ2v) is 8.65. The van der Waals surface area contributed by atoms with Crippen LogP contribution in [0.1, 0.15) is 39.3 Å². The first-order chi connectivity index (χ1) is 15.1. The van der Waals surface area contributed by atoms with Gasteiger partial charge < -0.3 is 19.5 Å². The normalized spacial score (nSPS) is 14.4. The number of carbonyl (C=O) groups excluding carboxylic acids is 2. The number of esters is 1. The van der Waals surface area contributed by atoms with Gasteiger partial charge in [0.15, 0.2) is 18.1 Å². The Hall–Kier alpha value is -3.32. The van der Waals surface area contributed by atoms with Gasteiger partial charge in [0.05, 0.1) is 6.04 Å². The van der Waals surface area contributed by atoms with Crippen LogP contribution >= 0.6 is 11.3 Å². The fourth-order valence-electron chi connectivity index (χ4n) is 3.92. The Morgan fingerprint density at radius 1 is 1.06 bits per heavy atom. The third-order valence-corrected chi connectivity index (χ3v) is 6.73. The van der Waals surface area contributed by atoms with Gasteiger partial charge in [-0.05, 0) is 60.2 Å². The summed E-state index contributed by atoms with van der Waals surface area (Å²) in [6.45, 7) is 1.74. The predicted octanol–water partition coefficient (Wildman–Crippen LogP) is 4.28. The fraction of sp³-hybridized carbons (Fsp3) is 0.250. The number of amides is 1. The molecule has 1 aliphatic carbocycles. The van der Waals surface area contributed by atoms with Crippen LogP contribution in [0.3, 0.4) is 0 Å². The van der Waals surface area contributed by atoms with Gasteiger partial charge in [0.1, 0.15) is 4.88 Å². The lowest BCUT2D eigenvalue weighted by atomic mass is 9.91. The van der Waals surface area contributed by atoms with Crippen LogP contribution in [0.25, 0.3) is 10.4 Å². The minimum absolute atomic E-state index is 0.202. The van der Waals surface area contributed by atoms with E-state index in [4.69, 9.17) is 14.2 Å². The molecule has 7 heteroatoms. The first-order valence-corrected chi connectivity index (χ1v) is 11.0. The highest BCUT2D eigenvalue weighted by atomic mass is 32.1. The number of nitrogens with one attached hydrogen (secondary N) is 1. The highest BCUT2D eigenvalue weighted by molar-refractivity contribution is 7.17. The highest BCUT2D eigenvalue weighted by Gasteiger charge is 2.23. The molecule has 31 heavy (non-hydrogen) atoms. The van der Waals surface area contributed by atoms with Crippen LogP contribution in [0.2, 0.25) is 0 Å². The highest BCUT2D eigenvalue weighted by Crippen LogP contribution is 2.39. The van der Waals surface area contributed by atoms with Crippen LogP contribution in [0.4, 0.5) is 0 Å². The third-order valence-electron chi connectivity index (χ3n) is 5.54. The number of thiophene rings is 1. The van der Waals surface area contributed by atoms with E-state index >= 15 is 0 Å². The summed E-state index contributed by atoms with van der Waals surface area (Å²) in [4.78, 5) is 26.5. The number of fused-ring (bicyclic) bond motifs is 4. The van der Waals surface area contributed by atoms with Gasteiger partial charge in [0.25, 0.3) is 5.91 Å². The first kappa shape index (κ1) is 19.6. The summed E-state index contributed by atoms with van der Waals surface area (Å²) in [5.74, 6) is 0.527. The minimum Gasteiger partial charge on any atom is -0.454 e. The minimum atomic E-state index is -0.470. The van der Waals surface area contributed by atoms with Gasteiger partial charge in [-0.15, -0.1) is 11.3 Å². The smallest absolute Gasteiger partial charge is 0.348 e. The molecule has 2 aliphatic rings. The van der Waals surface area contributed by atoms with Crippen LogP contribution in [0, 0.1) is 0 Å². The second kappa shape index (κ2) is 8.07. The maximum absolute atomic E-state index is 12.5. The van der Waals surface area contributed by atoms with Crippen molar-refractivity contribution in [3.8, 4) is 21.9 Å². The summed E-state index contributed by atoms with van der Waals surface area (Å²) in [6.07, 6.45) is 1.87.